The number of esters is 2. The average molecular weight is 747 g/mol. The van der Waals surface area contributed by atoms with Gasteiger partial charge in [0.05, 0.1) is 18.5 Å². The van der Waals surface area contributed by atoms with Crippen molar-refractivity contribution >= 4 is 24.1 Å². The number of carbonyl (C=O) groups is 4. The lowest BCUT2D eigenvalue weighted by Gasteiger charge is -2.30. The van der Waals surface area contributed by atoms with E-state index in [0.717, 1.165) is 22.3 Å². The predicted molar refractivity (Wildman–Crippen MR) is 204 cm³/mol. The van der Waals surface area contributed by atoms with Crippen molar-refractivity contribution in [3.63, 3.8) is 0 Å². The number of amides is 2. The van der Waals surface area contributed by atoms with Gasteiger partial charge in [0.25, 0.3) is 0 Å². The number of alkyl carbamates (subject to hydrolysis) is 2. The minimum absolute atomic E-state index is 0.000202. The molecule has 0 heterocycles. The zero-order valence-electron chi connectivity index (χ0n) is 30.7. The van der Waals surface area contributed by atoms with E-state index in [9.17, 15) is 19.2 Å². The third-order valence-electron chi connectivity index (χ3n) is 9.11. The fourth-order valence-corrected chi connectivity index (χ4v) is 6.82. The van der Waals surface area contributed by atoms with E-state index < -0.39 is 29.5 Å². The molecule has 1 spiro atoms. The van der Waals surface area contributed by atoms with Crippen LogP contribution in [0.3, 0.4) is 0 Å². The second-order valence-electron chi connectivity index (χ2n) is 12.9. The fraction of sp³-hybridized carbons (Fsp3) is 0.256. The van der Waals surface area contributed by atoms with Crippen molar-refractivity contribution in [2.45, 2.75) is 19.3 Å². The van der Waals surface area contributed by atoms with E-state index in [1.807, 2.05) is 24.3 Å². The van der Waals surface area contributed by atoms with Crippen molar-refractivity contribution in [2.75, 3.05) is 52.7 Å². The van der Waals surface area contributed by atoms with Gasteiger partial charge in [0, 0.05) is 11.1 Å². The molecule has 12 nitrogen and oxygen atoms in total. The van der Waals surface area contributed by atoms with Gasteiger partial charge in [-0.05, 0) is 82.6 Å². The van der Waals surface area contributed by atoms with Crippen LogP contribution in [-0.2, 0) is 34.0 Å². The molecule has 0 unspecified atom stereocenters. The maximum absolute atomic E-state index is 12.1. The topological polar surface area (TPSA) is 148 Å². The molecule has 2 aliphatic rings. The Balaban J connectivity index is 1.15. The molecule has 0 saturated carbocycles. The first-order valence-electron chi connectivity index (χ1n) is 17.8. The zero-order valence-corrected chi connectivity index (χ0v) is 30.7. The van der Waals surface area contributed by atoms with Crippen LogP contribution in [-0.4, -0.2) is 76.9 Å². The molecule has 0 saturated heterocycles. The van der Waals surface area contributed by atoms with Gasteiger partial charge in [-0.15, -0.1) is 0 Å². The Labute approximate surface area is 319 Å². The van der Waals surface area contributed by atoms with Gasteiger partial charge in [-0.3, -0.25) is 0 Å². The van der Waals surface area contributed by atoms with Crippen molar-refractivity contribution in [1.82, 2.24) is 10.6 Å². The quantitative estimate of drug-likeness (QED) is 0.0488. The summed E-state index contributed by atoms with van der Waals surface area (Å²) in [6.45, 7) is 10.5. The Morgan fingerprint density at radius 1 is 0.509 bits per heavy atom. The van der Waals surface area contributed by atoms with Crippen LogP contribution in [0.2, 0.25) is 0 Å². The second-order valence-corrected chi connectivity index (χ2v) is 12.9. The Morgan fingerprint density at radius 2 is 0.909 bits per heavy atom. The van der Waals surface area contributed by atoms with Gasteiger partial charge in [0.1, 0.15) is 51.1 Å². The summed E-state index contributed by atoms with van der Waals surface area (Å²) < 4.78 is 32.5. The first-order chi connectivity index (χ1) is 26.6. The first-order valence-corrected chi connectivity index (χ1v) is 17.8. The van der Waals surface area contributed by atoms with Crippen LogP contribution in [0, 0.1) is 0 Å². The second kappa shape index (κ2) is 17.1. The van der Waals surface area contributed by atoms with Gasteiger partial charge in [-0.25, -0.2) is 19.2 Å². The minimum Gasteiger partial charge on any atom is -0.490 e. The standard InChI is InChI=1S/C43H42N2O10/c1-27(2)39(46)52-19-17-44-41(48)54-23-21-50-29-13-15-37-33(25-29)34-26-30(51-22-24-55-42(49)45-18-20-53-40(47)28(3)4)14-16-38(34)43(37)35-11-7-5-9-31(35)32-10-6-8-12-36(32)43/h5-16,25-26H,1,3,17-24H2,2,4H3,(H,44,48)(H,45,49). The molecule has 6 rings (SSSR count). The third-order valence-corrected chi connectivity index (χ3v) is 9.11. The highest BCUT2D eigenvalue weighted by Gasteiger charge is 2.51. The Morgan fingerprint density at radius 3 is 1.33 bits per heavy atom. The number of rotatable bonds is 16. The number of carbonyl (C=O) groups excluding carboxylic acids is 4. The number of hydrogen-bond acceptors (Lipinski definition) is 10. The van der Waals surface area contributed by atoms with Crippen molar-refractivity contribution in [3.05, 3.63) is 131 Å². The van der Waals surface area contributed by atoms with E-state index in [1.165, 1.54) is 22.3 Å². The Bertz CT molecular complexity index is 1990. The van der Waals surface area contributed by atoms with Crippen LogP contribution < -0.4 is 20.1 Å². The highest BCUT2D eigenvalue weighted by atomic mass is 16.6. The van der Waals surface area contributed by atoms with Crippen molar-refractivity contribution in [2.24, 2.45) is 0 Å². The molecular formula is C43H42N2O10. The lowest BCUT2D eigenvalue weighted by molar-refractivity contribution is -0.139. The average Bonchev–Trinajstić information content (AvgIpc) is 3.64. The van der Waals surface area contributed by atoms with E-state index in [0.29, 0.717) is 11.5 Å². The van der Waals surface area contributed by atoms with E-state index in [1.54, 1.807) is 13.8 Å². The molecule has 0 bridgehead atoms. The van der Waals surface area contributed by atoms with Gasteiger partial charge < -0.3 is 39.1 Å². The summed E-state index contributed by atoms with van der Waals surface area (Å²) in [5.41, 5.74) is 8.82. The summed E-state index contributed by atoms with van der Waals surface area (Å²) in [7, 11) is 0. The molecule has 0 fully saturated rings. The van der Waals surface area contributed by atoms with Crippen LogP contribution >= 0.6 is 0 Å². The van der Waals surface area contributed by atoms with E-state index in [2.05, 4.69) is 84.5 Å². The zero-order chi connectivity index (χ0) is 39.0. The molecule has 0 aromatic heterocycles. The SMILES string of the molecule is C=C(C)C(=O)OCCNC(=O)OCCOc1ccc2c(c1)-c1cc(OCCOC(=O)NCCOC(=O)C(=C)C)ccc1C21c2ccccc2-c2ccccc21. The van der Waals surface area contributed by atoms with Crippen molar-refractivity contribution in [1.29, 1.82) is 0 Å². The Kier molecular flexibility index (Phi) is 11.8. The molecule has 0 atom stereocenters. The number of ether oxygens (including phenoxy) is 6. The maximum Gasteiger partial charge on any atom is 0.407 e. The molecule has 0 aliphatic heterocycles. The number of hydrogen-bond donors (Lipinski definition) is 2. The summed E-state index contributed by atoms with van der Waals surface area (Å²) in [5, 5.41) is 5.06. The maximum atomic E-state index is 12.1. The highest BCUT2D eigenvalue weighted by Crippen LogP contribution is 2.63. The first kappa shape index (κ1) is 38.2. The number of fused-ring (bicyclic) bond motifs is 10. The van der Waals surface area contributed by atoms with Crippen molar-refractivity contribution < 1.29 is 47.6 Å². The van der Waals surface area contributed by atoms with Crippen LogP contribution in [0.15, 0.2) is 109 Å². The predicted octanol–water partition coefficient (Wildman–Crippen LogP) is 6.48. The molecule has 2 amide bonds. The molecule has 4 aromatic rings. The van der Waals surface area contributed by atoms with E-state index in [-0.39, 0.29) is 63.9 Å². The van der Waals surface area contributed by atoms with Crippen LogP contribution in [0.25, 0.3) is 22.3 Å². The van der Waals surface area contributed by atoms with Crippen molar-refractivity contribution in [3.8, 4) is 33.8 Å². The lowest BCUT2D eigenvalue weighted by Crippen LogP contribution is -2.29. The van der Waals surface area contributed by atoms with Crippen LogP contribution in [0.4, 0.5) is 9.59 Å². The molecule has 55 heavy (non-hydrogen) atoms. The molecular weight excluding hydrogens is 704 g/mol. The minimum atomic E-state index is -0.654. The number of benzene rings is 4. The van der Waals surface area contributed by atoms with E-state index in [4.69, 9.17) is 28.4 Å². The highest BCUT2D eigenvalue weighted by molar-refractivity contribution is 5.95. The summed E-state index contributed by atoms with van der Waals surface area (Å²) in [6.07, 6.45) is -1.31. The van der Waals surface area contributed by atoms with Gasteiger partial charge in [0.15, 0.2) is 0 Å². The third kappa shape index (κ3) is 8.18. The molecule has 4 aromatic carbocycles. The molecule has 0 radical (unpaired) electrons. The number of nitrogens with one attached hydrogen (secondary N) is 2. The van der Waals surface area contributed by atoms with E-state index >= 15 is 0 Å². The normalized spacial score (nSPS) is 12.3. The summed E-state index contributed by atoms with van der Waals surface area (Å²) in [5.74, 6) is 0.137. The molecule has 2 N–H and O–H groups in total. The monoisotopic (exact) mass is 746 g/mol. The van der Waals surface area contributed by atoms with Gasteiger partial charge in [-0.1, -0.05) is 73.8 Å². The fourth-order valence-electron chi connectivity index (χ4n) is 6.82. The van der Waals surface area contributed by atoms with Crippen LogP contribution in [0.5, 0.6) is 11.5 Å². The largest absolute Gasteiger partial charge is 0.490 e. The van der Waals surface area contributed by atoms with Crippen LogP contribution in [0.1, 0.15) is 36.1 Å². The smallest absolute Gasteiger partial charge is 0.407 e. The van der Waals surface area contributed by atoms with Gasteiger partial charge >= 0.3 is 24.1 Å². The van der Waals surface area contributed by atoms with Gasteiger partial charge in [-0.2, -0.15) is 0 Å². The Hall–Kier alpha value is -6.56. The van der Waals surface area contributed by atoms with Gasteiger partial charge in [0.2, 0.25) is 0 Å². The lowest BCUT2D eigenvalue weighted by atomic mass is 9.70. The molecule has 12 heteroatoms. The summed E-state index contributed by atoms with van der Waals surface area (Å²) >= 11 is 0. The summed E-state index contributed by atoms with van der Waals surface area (Å²) in [4.78, 5) is 47.2. The molecule has 284 valence electrons. The molecule has 2 aliphatic carbocycles. The summed E-state index contributed by atoms with van der Waals surface area (Å²) in [6, 6.07) is 29.0.